The molecule has 0 radical (unpaired) electrons. The van der Waals surface area contributed by atoms with Crippen LogP contribution >= 0.6 is 0 Å². The van der Waals surface area contributed by atoms with Crippen molar-refractivity contribution in [2.75, 3.05) is 25.0 Å². The molecule has 2 aliphatic rings. The first-order chi connectivity index (χ1) is 11.1. The molecule has 0 bridgehead atoms. The van der Waals surface area contributed by atoms with Crippen LogP contribution in [-0.4, -0.2) is 35.7 Å². The second-order valence-corrected chi connectivity index (χ2v) is 6.76. The fourth-order valence-corrected chi connectivity index (χ4v) is 4.10. The molecule has 2 amide bonds. The first-order valence-corrected chi connectivity index (χ1v) is 8.31. The van der Waals surface area contributed by atoms with Crippen LogP contribution in [0.25, 0.3) is 0 Å². The lowest BCUT2D eigenvalue weighted by atomic mass is 9.82. The van der Waals surface area contributed by atoms with Crippen LogP contribution in [0.4, 0.5) is 10.5 Å². The van der Waals surface area contributed by atoms with Gasteiger partial charge in [-0.05, 0) is 48.9 Å². The summed E-state index contributed by atoms with van der Waals surface area (Å²) >= 11 is 0. The largest absolute Gasteiger partial charge is 0.396 e. The summed E-state index contributed by atoms with van der Waals surface area (Å²) in [5.74, 6) is 0.421. The van der Waals surface area contributed by atoms with E-state index in [1.165, 1.54) is 0 Å². The summed E-state index contributed by atoms with van der Waals surface area (Å²) in [4.78, 5) is 14.4. The predicted octanol–water partition coefficient (Wildman–Crippen LogP) is 2.75. The van der Waals surface area contributed by atoms with Crippen LogP contribution in [0.2, 0.25) is 0 Å². The molecular weight excluding hydrogens is 290 g/mol. The minimum absolute atomic E-state index is 0.0877. The zero-order valence-electron chi connectivity index (χ0n) is 13.5. The molecule has 5 nitrogen and oxygen atoms in total. The van der Waals surface area contributed by atoms with Gasteiger partial charge in [0.15, 0.2) is 0 Å². The summed E-state index contributed by atoms with van der Waals surface area (Å²) in [6.07, 6.45) is 4.01. The molecule has 1 aromatic rings. The average molecular weight is 313 g/mol. The van der Waals surface area contributed by atoms with Gasteiger partial charge in [-0.3, -0.25) is 0 Å². The number of carbonyl (C=O) groups is 1. The lowest BCUT2D eigenvalue weighted by molar-refractivity contribution is 0.114. The number of benzene rings is 1. The maximum atomic E-state index is 12.6. The quantitative estimate of drug-likeness (QED) is 0.901. The number of aliphatic hydroxyl groups excluding tert-OH is 1. The van der Waals surface area contributed by atoms with E-state index in [1.54, 1.807) is 12.1 Å². The molecule has 1 aliphatic carbocycles. The maximum absolute atomic E-state index is 12.6. The maximum Gasteiger partial charge on any atom is 0.321 e. The van der Waals surface area contributed by atoms with Gasteiger partial charge in [0.1, 0.15) is 0 Å². The van der Waals surface area contributed by atoms with E-state index < -0.39 is 0 Å². The van der Waals surface area contributed by atoms with Crippen molar-refractivity contribution in [3.63, 3.8) is 0 Å². The Kier molecular flexibility index (Phi) is 4.27. The zero-order valence-corrected chi connectivity index (χ0v) is 13.5. The summed E-state index contributed by atoms with van der Waals surface area (Å²) in [6, 6.07) is 7.37. The molecule has 3 rings (SSSR count). The highest BCUT2D eigenvalue weighted by Crippen LogP contribution is 2.48. The number of nitrogens with zero attached hydrogens (tertiary/aromatic N) is 2. The van der Waals surface area contributed by atoms with Gasteiger partial charge in [0, 0.05) is 24.2 Å². The molecule has 23 heavy (non-hydrogen) atoms. The Morgan fingerprint density at radius 2 is 2.39 bits per heavy atom. The monoisotopic (exact) mass is 313 g/mol. The van der Waals surface area contributed by atoms with Crippen molar-refractivity contribution in [2.45, 2.75) is 32.6 Å². The topological polar surface area (TPSA) is 76.4 Å². The SMILES string of the molecule is CCc1cc(C#N)ccc1NC(=O)N1C[C@H]2CCC[C@@]2(CO)C1. The first kappa shape index (κ1) is 15.8. The van der Waals surface area contributed by atoms with E-state index in [1.807, 2.05) is 17.9 Å². The summed E-state index contributed by atoms with van der Waals surface area (Å²) in [6.45, 7) is 3.54. The average Bonchev–Trinajstić information content (AvgIpc) is 3.12. The number of anilines is 1. The van der Waals surface area contributed by atoms with Crippen LogP contribution in [0, 0.1) is 22.7 Å². The lowest BCUT2D eigenvalue weighted by Crippen LogP contribution is -2.36. The standard InChI is InChI=1S/C18H23N3O2/c1-2-14-8-13(9-19)5-6-16(14)20-17(23)21-10-15-4-3-7-18(15,11-21)12-22/h5-6,8,15,22H,2-4,7,10-12H2,1H3,(H,20,23)/t15-,18+/m1/s1. The summed E-state index contributed by atoms with van der Waals surface area (Å²) < 4.78 is 0. The third kappa shape index (κ3) is 2.79. The molecule has 0 spiro atoms. The van der Waals surface area contributed by atoms with Crippen molar-refractivity contribution < 1.29 is 9.90 Å². The first-order valence-electron chi connectivity index (χ1n) is 8.31. The molecule has 1 saturated carbocycles. The summed E-state index contributed by atoms with van der Waals surface area (Å²) in [7, 11) is 0. The fraction of sp³-hybridized carbons (Fsp3) is 0.556. The highest BCUT2D eigenvalue weighted by atomic mass is 16.3. The van der Waals surface area contributed by atoms with Crippen molar-refractivity contribution in [3.8, 4) is 6.07 Å². The van der Waals surface area contributed by atoms with E-state index >= 15 is 0 Å². The van der Waals surface area contributed by atoms with Crippen molar-refractivity contribution >= 4 is 11.7 Å². The van der Waals surface area contributed by atoms with E-state index in [0.717, 1.165) is 43.5 Å². The van der Waals surface area contributed by atoms with Gasteiger partial charge in [-0.1, -0.05) is 13.3 Å². The van der Waals surface area contributed by atoms with Gasteiger partial charge in [0.25, 0.3) is 0 Å². The molecule has 1 aliphatic heterocycles. The van der Waals surface area contributed by atoms with E-state index in [0.29, 0.717) is 18.0 Å². The van der Waals surface area contributed by atoms with E-state index in [9.17, 15) is 9.90 Å². The lowest BCUT2D eigenvalue weighted by Gasteiger charge is -2.26. The Morgan fingerprint density at radius 1 is 1.57 bits per heavy atom. The third-order valence-corrected chi connectivity index (χ3v) is 5.50. The van der Waals surface area contributed by atoms with Gasteiger partial charge in [-0.15, -0.1) is 0 Å². The number of carbonyl (C=O) groups excluding carboxylic acids is 1. The Morgan fingerprint density at radius 3 is 3.04 bits per heavy atom. The molecule has 5 heteroatoms. The zero-order chi connectivity index (χ0) is 16.4. The van der Waals surface area contributed by atoms with Crippen LogP contribution in [-0.2, 0) is 6.42 Å². The molecule has 1 heterocycles. The van der Waals surface area contributed by atoms with E-state index in [2.05, 4.69) is 11.4 Å². The predicted molar refractivity (Wildman–Crippen MR) is 88.0 cm³/mol. The number of urea groups is 1. The molecule has 1 saturated heterocycles. The Balaban J connectivity index is 1.72. The summed E-state index contributed by atoms with van der Waals surface area (Å²) in [5, 5.41) is 21.7. The van der Waals surface area contributed by atoms with Crippen molar-refractivity contribution in [3.05, 3.63) is 29.3 Å². The van der Waals surface area contributed by atoms with E-state index in [-0.39, 0.29) is 18.1 Å². The molecule has 2 N–H and O–H groups in total. The van der Waals surface area contributed by atoms with Crippen LogP contribution in [0.3, 0.4) is 0 Å². The third-order valence-electron chi connectivity index (χ3n) is 5.50. The molecule has 1 aromatic carbocycles. The number of aryl methyl sites for hydroxylation is 1. The van der Waals surface area contributed by atoms with Crippen molar-refractivity contribution in [2.24, 2.45) is 11.3 Å². The van der Waals surface area contributed by atoms with Gasteiger partial charge < -0.3 is 15.3 Å². The number of nitriles is 1. The molecule has 2 fully saturated rings. The van der Waals surface area contributed by atoms with Gasteiger partial charge in [-0.25, -0.2) is 4.79 Å². The molecule has 0 aromatic heterocycles. The number of aliphatic hydroxyl groups is 1. The van der Waals surface area contributed by atoms with Crippen LogP contribution < -0.4 is 5.32 Å². The number of likely N-dealkylation sites (tertiary alicyclic amines) is 1. The minimum Gasteiger partial charge on any atom is -0.396 e. The molecule has 122 valence electrons. The minimum atomic E-state index is -0.105. The highest BCUT2D eigenvalue weighted by Gasteiger charge is 2.50. The number of hydrogen-bond acceptors (Lipinski definition) is 3. The van der Waals surface area contributed by atoms with Gasteiger partial charge in [0.2, 0.25) is 0 Å². The second kappa shape index (κ2) is 6.21. The van der Waals surface area contributed by atoms with Gasteiger partial charge >= 0.3 is 6.03 Å². The smallest absolute Gasteiger partial charge is 0.321 e. The fourth-order valence-electron chi connectivity index (χ4n) is 4.10. The normalized spacial score (nSPS) is 26.0. The molecule has 0 unspecified atom stereocenters. The molecular formula is C18H23N3O2. The Hall–Kier alpha value is -2.06. The van der Waals surface area contributed by atoms with Gasteiger partial charge in [0.05, 0.1) is 18.2 Å². The van der Waals surface area contributed by atoms with Crippen molar-refractivity contribution in [1.29, 1.82) is 5.26 Å². The number of amides is 2. The van der Waals surface area contributed by atoms with Gasteiger partial charge in [-0.2, -0.15) is 5.26 Å². The number of nitrogens with one attached hydrogen (secondary N) is 1. The second-order valence-electron chi connectivity index (χ2n) is 6.76. The number of fused-ring (bicyclic) bond motifs is 1. The Labute approximate surface area is 136 Å². The number of rotatable bonds is 3. The summed E-state index contributed by atoms with van der Waals surface area (Å²) in [5.41, 5.74) is 2.25. The van der Waals surface area contributed by atoms with E-state index in [4.69, 9.17) is 5.26 Å². The number of hydrogen-bond donors (Lipinski definition) is 2. The van der Waals surface area contributed by atoms with Crippen molar-refractivity contribution in [1.82, 2.24) is 4.90 Å². The van der Waals surface area contributed by atoms with Crippen LogP contribution in [0.1, 0.15) is 37.3 Å². The highest BCUT2D eigenvalue weighted by molar-refractivity contribution is 5.90. The van der Waals surface area contributed by atoms with Crippen LogP contribution in [0.15, 0.2) is 18.2 Å². The molecule has 2 atom stereocenters. The Bertz CT molecular complexity index is 652. The van der Waals surface area contributed by atoms with Crippen LogP contribution in [0.5, 0.6) is 0 Å².